The molecule has 0 bridgehead atoms. The molecule has 0 radical (unpaired) electrons. The van der Waals surface area contributed by atoms with Crippen LogP contribution in [-0.4, -0.2) is 47.4 Å². The van der Waals surface area contributed by atoms with Crippen molar-refractivity contribution in [3.63, 3.8) is 0 Å². The summed E-state index contributed by atoms with van der Waals surface area (Å²) in [5.41, 5.74) is 0. The molecule has 0 heterocycles. The Morgan fingerprint density at radius 1 is 0.342 bits per heavy atom. The summed E-state index contributed by atoms with van der Waals surface area (Å²) in [7, 11) is 0. The zero-order chi connectivity index (χ0) is 57.1. The summed E-state index contributed by atoms with van der Waals surface area (Å²) in [5.74, 6) is -0.0554. The van der Waals surface area contributed by atoms with Gasteiger partial charge in [-0.2, -0.15) is 0 Å². The maximum absolute atomic E-state index is 12.5. The van der Waals surface area contributed by atoms with Crippen molar-refractivity contribution in [2.75, 3.05) is 13.2 Å². The molecule has 0 saturated heterocycles. The van der Waals surface area contributed by atoms with Gasteiger partial charge in [0.1, 0.15) is 0 Å². The maximum Gasteiger partial charge on any atom is 0.305 e. The normalized spacial score (nSPS) is 12.7. The first-order chi connectivity index (χ1) is 39.0. The maximum atomic E-state index is 12.5. The van der Waals surface area contributed by atoms with Gasteiger partial charge in [0.2, 0.25) is 5.91 Å². The Labute approximate surface area is 494 Å². The van der Waals surface area contributed by atoms with Crippen molar-refractivity contribution in [1.29, 1.82) is 0 Å². The molecule has 466 valence electrons. The summed E-state index contributed by atoms with van der Waals surface area (Å²) < 4.78 is 5.50. The number of ether oxygens (including phenoxy) is 1. The van der Waals surface area contributed by atoms with Crippen molar-refractivity contribution in [1.82, 2.24) is 5.32 Å². The third-order valence-electron chi connectivity index (χ3n) is 16.6. The second kappa shape index (κ2) is 68.6. The number of unbranched alkanes of at least 4 members (excludes halogenated alkanes) is 52. The van der Waals surface area contributed by atoms with Crippen LogP contribution < -0.4 is 5.32 Å². The lowest BCUT2D eigenvalue weighted by Gasteiger charge is -2.20. The molecule has 0 fully saturated rings. The number of esters is 1. The largest absolute Gasteiger partial charge is 0.466 e. The predicted octanol–water partition coefficient (Wildman–Crippen LogP) is 23.1. The fraction of sp³-hybridized carbons (Fsp3) is 0.890. The number of carbonyl (C=O) groups excluding carboxylic acids is 2. The van der Waals surface area contributed by atoms with Gasteiger partial charge in [-0.15, -0.1) is 0 Å². The molecule has 0 aromatic heterocycles. The summed E-state index contributed by atoms with van der Waals surface area (Å²) in [6, 6.07) is -0.630. The summed E-state index contributed by atoms with van der Waals surface area (Å²) in [6.07, 6.45) is 87.9. The average Bonchev–Trinajstić information content (AvgIpc) is 3.45. The third-order valence-corrected chi connectivity index (χ3v) is 16.6. The molecule has 0 aliphatic carbocycles. The zero-order valence-corrected chi connectivity index (χ0v) is 53.4. The van der Waals surface area contributed by atoms with Gasteiger partial charge in [-0.1, -0.05) is 333 Å². The number of nitrogens with one attached hydrogen (secondary N) is 1. The number of rotatable bonds is 67. The number of allylic oxidation sites excluding steroid dienone is 5. The Balaban J connectivity index is 3.40. The van der Waals surface area contributed by atoms with Crippen molar-refractivity contribution in [2.45, 2.75) is 405 Å². The highest BCUT2D eigenvalue weighted by atomic mass is 16.5. The highest BCUT2D eigenvalue weighted by Gasteiger charge is 2.18. The Bertz CT molecular complexity index is 1280. The number of hydrogen-bond acceptors (Lipinski definition) is 5. The van der Waals surface area contributed by atoms with Crippen LogP contribution in [0.4, 0.5) is 0 Å². The predicted molar refractivity (Wildman–Crippen MR) is 347 cm³/mol. The van der Waals surface area contributed by atoms with Crippen molar-refractivity contribution in [3.8, 4) is 0 Å². The number of amides is 1. The fourth-order valence-electron chi connectivity index (χ4n) is 11.2. The van der Waals surface area contributed by atoms with E-state index in [1.54, 1.807) is 6.08 Å². The summed E-state index contributed by atoms with van der Waals surface area (Å²) in [4.78, 5) is 24.6. The molecule has 6 nitrogen and oxygen atoms in total. The second-order valence-corrected chi connectivity index (χ2v) is 24.6. The first kappa shape index (κ1) is 77.1. The van der Waals surface area contributed by atoms with Crippen LogP contribution in [0.5, 0.6) is 0 Å². The number of aliphatic hydroxyl groups excluding tert-OH is 2. The van der Waals surface area contributed by atoms with Crippen LogP contribution in [0.15, 0.2) is 36.5 Å². The minimum absolute atomic E-state index is 0.0115. The van der Waals surface area contributed by atoms with Crippen LogP contribution in [0.2, 0.25) is 0 Å². The van der Waals surface area contributed by atoms with Crippen LogP contribution >= 0.6 is 0 Å². The Hall–Kier alpha value is -1.92. The molecule has 0 aromatic carbocycles. The van der Waals surface area contributed by atoms with Crippen LogP contribution in [0.25, 0.3) is 0 Å². The molecule has 0 aromatic rings. The molecular weight excluding hydrogens is 971 g/mol. The standard InChI is InChI=1S/C73H139NO5/c1-3-5-7-9-11-13-15-17-19-21-33-37-41-45-49-53-57-61-65-71(76)70(69-75)74-72(77)66-62-58-54-50-46-42-38-34-31-29-27-25-23-24-26-28-30-32-36-40-44-48-52-56-60-64-68-79-73(78)67-63-59-55-51-47-43-39-35-22-20-18-16-14-12-10-8-6-4-2/h20,22-23,25,61,65,70-71,75-76H,3-19,21,24,26-60,62-64,66-69H2,1-2H3,(H,74,77)/b22-20-,25-23-,65-61+. The lowest BCUT2D eigenvalue weighted by Crippen LogP contribution is -2.45. The zero-order valence-electron chi connectivity index (χ0n) is 53.4. The SMILES string of the molecule is CCCCCCCCC/C=C\CCCCCCCCCC(=O)OCCCCCCCCCCCCCC/C=C\CCCCCCCCCCCCC(=O)NC(CO)C(O)/C=C/CCCCCCCCCCCCCCCCCC. The number of hydrogen-bond donors (Lipinski definition) is 3. The number of aliphatic hydroxyl groups is 2. The van der Waals surface area contributed by atoms with Gasteiger partial charge in [-0.3, -0.25) is 9.59 Å². The first-order valence-electron chi connectivity index (χ1n) is 35.8. The Morgan fingerprint density at radius 2 is 0.595 bits per heavy atom. The van der Waals surface area contributed by atoms with E-state index >= 15 is 0 Å². The molecule has 0 rings (SSSR count). The molecule has 0 saturated carbocycles. The molecular formula is C73H139NO5. The molecule has 2 atom stereocenters. The number of carbonyl (C=O) groups is 2. The summed E-state index contributed by atoms with van der Waals surface area (Å²) in [5, 5.41) is 23.2. The molecule has 2 unspecified atom stereocenters. The molecule has 3 N–H and O–H groups in total. The van der Waals surface area contributed by atoms with E-state index in [0.717, 1.165) is 44.9 Å². The van der Waals surface area contributed by atoms with Gasteiger partial charge in [-0.05, 0) is 83.5 Å². The third kappa shape index (κ3) is 65.1. The van der Waals surface area contributed by atoms with E-state index in [2.05, 4.69) is 43.5 Å². The van der Waals surface area contributed by atoms with Gasteiger partial charge in [-0.25, -0.2) is 0 Å². The first-order valence-corrected chi connectivity index (χ1v) is 35.8. The molecule has 6 heteroatoms. The van der Waals surface area contributed by atoms with Gasteiger partial charge in [0, 0.05) is 12.8 Å². The van der Waals surface area contributed by atoms with Crippen LogP contribution in [0.3, 0.4) is 0 Å². The smallest absolute Gasteiger partial charge is 0.305 e. The minimum atomic E-state index is -0.846. The fourth-order valence-corrected chi connectivity index (χ4v) is 11.2. The quantitative estimate of drug-likeness (QED) is 0.0320. The van der Waals surface area contributed by atoms with Crippen molar-refractivity contribution in [2.24, 2.45) is 0 Å². The van der Waals surface area contributed by atoms with E-state index in [-0.39, 0.29) is 18.5 Å². The Kier molecular flexibility index (Phi) is 66.9. The highest BCUT2D eigenvalue weighted by Crippen LogP contribution is 2.18. The van der Waals surface area contributed by atoms with Crippen molar-refractivity contribution >= 4 is 11.9 Å². The monoisotopic (exact) mass is 1110 g/mol. The van der Waals surface area contributed by atoms with E-state index in [4.69, 9.17) is 4.74 Å². The van der Waals surface area contributed by atoms with Crippen LogP contribution in [0, 0.1) is 0 Å². The highest BCUT2D eigenvalue weighted by molar-refractivity contribution is 5.76. The summed E-state index contributed by atoms with van der Waals surface area (Å²) >= 11 is 0. The minimum Gasteiger partial charge on any atom is -0.466 e. The molecule has 1 amide bonds. The molecule has 79 heavy (non-hydrogen) atoms. The summed E-state index contributed by atoms with van der Waals surface area (Å²) in [6.45, 7) is 4.93. The van der Waals surface area contributed by atoms with E-state index in [0.29, 0.717) is 19.4 Å². The van der Waals surface area contributed by atoms with E-state index in [1.807, 2.05) is 6.08 Å². The lowest BCUT2D eigenvalue weighted by molar-refractivity contribution is -0.143. The average molecular weight is 1110 g/mol. The van der Waals surface area contributed by atoms with E-state index in [1.165, 1.54) is 321 Å². The van der Waals surface area contributed by atoms with Gasteiger partial charge < -0.3 is 20.3 Å². The van der Waals surface area contributed by atoms with E-state index in [9.17, 15) is 19.8 Å². The second-order valence-electron chi connectivity index (χ2n) is 24.6. The van der Waals surface area contributed by atoms with Gasteiger partial charge >= 0.3 is 5.97 Å². The van der Waals surface area contributed by atoms with Crippen LogP contribution in [0.1, 0.15) is 393 Å². The molecule has 0 aliphatic rings. The van der Waals surface area contributed by atoms with Gasteiger partial charge in [0.25, 0.3) is 0 Å². The lowest BCUT2D eigenvalue weighted by atomic mass is 10.0. The van der Waals surface area contributed by atoms with Gasteiger partial charge in [0.15, 0.2) is 0 Å². The Morgan fingerprint density at radius 3 is 0.899 bits per heavy atom. The van der Waals surface area contributed by atoms with Gasteiger partial charge in [0.05, 0.1) is 25.4 Å². The topological polar surface area (TPSA) is 95.9 Å². The van der Waals surface area contributed by atoms with E-state index < -0.39 is 12.1 Å². The molecule has 0 aliphatic heterocycles. The van der Waals surface area contributed by atoms with Crippen molar-refractivity contribution in [3.05, 3.63) is 36.5 Å². The molecule has 0 spiro atoms. The van der Waals surface area contributed by atoms with Crippen LogP contribution in [-0.2, 0) is 14.3 Å². The van der Waals surface area contributed by atoms with Crippen molar-refractivity contribution < 1.29 is 24.5 Å².